The normalized spacial score (nSPS) is 15.3. The highest BCUT2D eigenvalue weighted by Gasteiger charge is 2.39. The first-order valence-electron chi connectivity index (χ1n) is 8.05. The van der Waals surface area contributed by atoms with Crippen molar-refractivity contribution in [3.63, 3.8) is 0 Å². The molecule has 0 spiro atoms. The molecule has 144 valence electrons. The molecule has 2 heterocycles. The van der Waals surface area contributed by atoms with Crippen LogP contribution in [-0.4, -0.2) is 18.4 Å². The van der Waals surface area contributed by atoms with Crippen LogP contribution in [0.1, 0.15) is 11.3 Å². The largest absolute Gasteiger partial charge is 0.433 e. The van der Waals surface area contributed by atoms with Crippen LogP contribution in [0.2, 0.25) is 0 Å². The third kappa shape index (κ3) is 3.26. The molecule has 1 aliphatic heterocycles. The van der Waals surface area contributed by atoms with Gasteiger partial charge in [0.05, 0.1) is 11.4 Å². The van der Waals surface area contributed by atoms with Gasteiger partial charge in [0.15, 0.2) is 11.5 Å². The molecule has 0 fully saturated rings. The average Bonchev–Trinajstić information content (AvgIpc) is 2.93. The number of fused-ring (bicyclic) bond motifs is 1. The van der Waals surface area contributed by atoms with Crippen molar-refractivity contribution in [1.82, 2.24) is 9.97 Å². The van der Waals surface area contributed by atoms with E-state index in [9.17, 15) is 21.6 Å². The SMILES string of the molecule is O=S1(=O)c2ccccc2CN1c1cc(C(F)(F)F)nc(Oc2ccccc2)n1. The number of hydrogen-bond donors (Lipinski definition) is 0. The molecule has 1 aliphatic rings. The summed E-state index contributed by atoms with van der Waals surface area (Å²) < 4.78 is 71.6. The number of sulfonamides is 1. The van der Waals surface area contributed by atoms with Crippen molar-refractivity contribution < 1.29 is 26.3 Å². The Hall–Kier alpha value is -3.14. The molecule has 6 nitrogen and oxygen atoms in total. The quantitative estimate of drug-likeness (QED) is 0.656. The van der Waals surface area contributed by atoms with Gasteiger partial charge in [0.1, 0.15) is 5.75 Å². The molecule has 0 saturated heterocycles. The molecule has 4 rings (SSSR count). The fourth-order valence-electron chi connectivity index (χ4n) is 2.77. The number of benzene rings is 2. The van der Waals surface area contributed by atoms with Gasteiger partial charge in [0.25, 0.3) is 10.0 Å². The number of para-hydroxylation sites is 1. The van der Waals surface area contributed by atoms with Gasteiger partial charge in [0.2, 0.25) is 0 Å². The van der Waals surface area contributed by atoms with Crippen LogP contribution in [0, 0.1) is 0 Å². The highest BCUT2D eigenvalue weighted by molar-refractivity contribution is 7.93. The van der Waals surface area contributed by atoms with Crippen molar-refractivity contribution in [3.8, 4) is 11.8 Å². The van der Waals surface area contributed by atoms with E-state index in [1.54, 1.807) is 36.4 Å². The number of nitrogens with zero attached hydrogens (tertiary/aromatic N) is 3. The van der Waals surface area contributed by atoms with E-state index >= 15 is 0 Å². The second-order valence-corrected chi connectivity index (χ2v) is 7.76. The molecule has 0 unspecified atom stereocenters. The summed E-state index contributed by atoms with van der Waals surface area (Å²) in [5, 5.41) is 0. The number of rotatable bonds is 3. The third-order valence-electron chi connectivity index (χ3n) is 4.05. The Morgan fingerprint density at radius 1 is 0.964 bits per heavy atom. The molecule has 0 bridgehead atoms. The van der Waals surface area contributed by atoms with Crippen LogP contribution in [0.25, 0.3) is 0 Å². The maximum atomic E-state index is 13.3. The summed E-state index contributed by atoms with van der Waals surface area (Å²) in [6.45, 7) is -0.127. The molecule has 1 aromatic heterocycles. The molecule has 0 amide bonds. The summed E-state index contributed by atoms with van der Waals surface area (Å²) in [7, 11) is -4.03. The molecule has 28 heavy (non-hydrogen) atoms. The number of ether oxygens (including phenoxy) is 1. The molecule has 2 aromatic carbocycles. The van der Waals surface area contributed by atoms with Gasteiger partial charge in [-0.15, -0.1) is 0 Å². The van der Waals surface area contributed by atoms with E-state index in [-0.39, 0.29) is 17.2 Å². The van der Waals surface area contributed by atoms with Crippen molar-refractivity contribution in [2.45, 2.75) is 17.6 Å². The van der Waals surface area contributed by atoms with Gasteiger partial charge in [-0.05, 0) is 23.8 Å². The Morgan fingerprint density at radius 3 is 2.32 bits per heavy atom. The minimum Gasteiger partial charge on any atom is -0.424 e. The lowest BCUT2D eigenvalue weighted by Gasteiger charge is -2.18. The van der Waals surface area contributed by atoms with Gasteiger partial charge in [-0.2, -0.15) is 23.1 Å². The van der Waals surface area contributed by atoms with Crippen molar-refractivity contribution >= 4 is 15.8 Å². The lowest BCUT2D eigenvalue weighted by molar-refractivity contribution is -0.141. The van der Waals surface area contributed by atoms with Crippen LogP contribution in [0.4, 0.5) is 19.0 Å². The van der Waals surface area contributed by atoms with Crippen LogP contribution in [-0.2, 0) is 22.7 Å². The molecular formula is C18H12F3N3O3S. The van der Waals surface area contributed by atoms with Crippen molar-refractivity contribution in [3.05, 3.63) is 71.9 Å². The first-order chi connectivity index (χ1) is 13.2. The first-order valence-corrected chi connectivity index (χ1v) is 9.49. The van der Waals surface area contributed by atoms with E-state index in [0.29, 0.717) is 11.6 Å². The predicted molar refractivity (Wildman–Crippen MR) is 93.4 cm³/mol. The maximum Gasteiger partial charge on any atom is 0.433 e. The zero-order chi connectivity index (χ0) is 19.9. The molecule has 0 radical (unpaired) electrons. The summed E-state index contributed by atoms with van der Waals surface area (Å²) in [5.41, 5.74) is -0.824. The second-order valence-electron chi connectivity index (χ2n) is 5.93. The van der Waals surface area contributed by atoms with Crippen LogP contribution in [0.15, 0.2) is 65.6 Å². The van der Waals surface area contributed by atoms with Gasteiger partial charge in [-0.25, -0.2) is 12.7 Å². The van der Waals surface area contributed by atoms with Gasteiger partial charge in [0, 0.05) is 6.07 Å². The van der Waals surface area contributed by atoms with E-state index in [1.165, 1.54) is 18.2 Å². The number of halogens is 3. The first kappa shape index (κ1) is 18.2. The minimum absolute atomic E-state index is 0.0349. The van der Waals surface area contributed by atoms with E-state index in [4.69, 9.17) is 4.74 Å². The standard InChI is InChI=1S/C18H12F3N3O3S/c19-18(20,21)15-10-16(23-17(22-15)27-13-7-2-1-3-8-13)24-11-12-6-4-5-9-14(12)28(24,25)26/h1-10H,11H2. The van der Waals surface area contributed by atoms with E-state index in [2.05, 4.69) is 9.97 Å². The second kappa shape index (κ2) is 6.48. The number of anilines is 1. The lowest BCUT2D eigenvalue weighted by Crippen LogP contribution is -2.25. The van der Waals surface area contributed by atoms with E-state index in [0.717, 1.165) is 4.31 Å². The van der Waals surface area contributed by atoms with Gasteiger partial charge >= 0.3 is 12.2 Å². The van der Waals surface area contributed by atoms with Crippen LogP contribution in [0.5, 0.6) is 11.8 Å². The van der Waals surface area contributed by atoms with Crippen molar-refractivity contribution in [2.24, 2.45) is 0 Å². The van der Waals surface area contributed by atoms with Gasteiger partial charge in [-0.1, -0.05) is 36.4 Å². The van der Waals surface area contributed by atoms with Crippen molar-refractivity contribution in [1.29, 1.82) is 0 Å². The topological polar surface area (TPSA) is 72.4 Å². The van der Waals surface area contributed by atoms with Crippen molar-refractivity contribution in [2.75, 3.05) is 4.31 Å². The number of hydrogen-bond acceptors (Lipinski definition) is 5. The Balaban J connectivity index is 1.80. The Morgan fingerprint density at radius 2 is 1.64 bits per heavy atom. The van der Waals surface area contributed by atoms with Crippen LogP contribution in [0.3, 0.4) is 0 Å². The predicted octanol–water partition coefficient (Wildman–Crippen LogP) is 4.00. The average molecular weight is 407 g/mol. The monoisotopic (exact) mass is 407 g/mol. The highest BCUT2D eigenvalue weighted by Crippen LogP contribution is 2.37. The summed E-state index contributed by atoms with van der Waals surface area (Å²) in [6, 6.07) is 14.2. The molecule has 0 atom stereocenters. The molecule has 0 aliphatic carbocycles. The van der Waals surface area contributed by atoms with E-state index in [1.807, 2.05) is 0 Å². The fourth-order valence-corrected chi connectivity index (χ4v) is 4.37. The smallest absolute Gasteiger partial charge is 0.424 e. The summed E-state index contributed by atoms with van der Waals surface area (Å²) in [4.78, 5) is 7.34. The lowest BCUT2D eigenvalue weighted by atomic mass is 10.2. The molecule has 0 saturated carbocycles. The maximum absolute atomic E-state index is 13.3. The van der Waals surface area contributed by atoms with E-state index < -0.39 is 33.7 Å². The van der Waals surface area contributed by atoms with Gasteiger partial charge in [-0.3, -0.25) is 0 Å². The molecular weight excluding hydrogens is 395 g/mol. The van der Waals surface area contributed by atoms with Crippen LogP contribution < -0.4 is 9.04 Å². The number of aromatic nitrogens is 2. The van der Waals surface area contributed by atoms with Crippen LogP contribution >= 0.6 is 0 Å². The zero-order valence-electron chi connectivity index (χ0n) is 14.1. The van der Waals surface area contributed by atoms with Gasteiger partial charge < -0.3 is 4.74 Å². The summed E-state index contributed by atoms with van der Waals surface area (Å²) >= 11 is 0. The molecule has 10 heteroatoms. The fraction of sp³-hybridized carbons (Fsp3) is 0.111. The number of alkyl halides is 3. The molecule has 3 aromatic rings. The molecule has 0 N–H and O–H groups in total. The Kier molecular flexibility index (Phi) is 4.22. The third-order valence-corrected chi connectivity index (χ3v) is 5.90. The highest BCUT2D eigenvalue weighted by atomic mass is 32.2. The summed E-state index contributed by atoms with van der Waals surface area (Å²) in [5.74, 6) is -0.190. The Labute approximate surface area is 158 Å². The zero-order valence-corrected chi connectivity index (χ0v) is 14.9. The summed E-state index contributed by atoms with van der Waals surface area (Å²) in [6.07, 6.45) is -4.80. The minimum atomic E-state index is -4.80. The Bertz CT molecular complexity index is 1140.